The number of hydrogen-bond donors (Lipinski definition) is 4. The summed E-state index contributed by atoms with van der Waals surface area (Å²) in [5, 5.41) is 25.8. The highest BCUT2D eigenvalue weighted by molar-refractivity contribution is 6.39. The van der Waals surface area contributed by atoms with Gasteiger partial charge in [0.15, 0.2) is 17.9 Å². The molecule has 4 atom stereocenters. The third kappa shape index (κ3) is 16.8. The Hall–Kier alpha value is -10.5. The minimum Gasteiger partial charge on any atom is -0.871 e. The first-order valence-electron chi connectivity index (χ1n) is 35.1. The molecule has 0 radical (unpaired) electrons. The van der Waals surface area contributed by atoms with E-state index in [2.05, 4.69) is 108 Å². The zero-order chi connectivity index (χ0) is 70.7. The second-order valence-electron chi connectivity index (χ2n) is 27.6. The van der Waals surface area contributed by atoms with Gasteiger partial charge in [0.25, 0.3) is 23.6 Å². The van der Waals surface area contributed by atoms with E-state index >= 15 is 0 Å². The van der Waals surface area contributed by atoms with Gasteiger partial charge in [-0.1, -0.05) is 103 Å². The number of hydrogen-bond acceptors (Lipinski definition) is 11. The van der Waals surface area contributed by atoms with Crippen molar-refractivity contribution in [3.8, 4) is 0 Å². The van der Waals surface area contributed by atoms with E-state index in [9.17, 15) is 38.7 Å². The maximum absolute atomic E-state index is 13.9. The molecule has 3 fully saturated rings. The molecule has 6 aromatic rings. The molecule has 0 aromatic heterocycles. The summed E-state index contributed by atoms with van der Waals surface area (Å²) in [5.41, 5.74) is 14.1. The normalized spacial score (nSPS) is 21.1. The molecule has 16 heteroatoms. The van der Waals surface area contributed by atoms with Gasteiger partial charge < -0.3 is 40.7 Å². The van der Waals surface area contributed by atoms with E-state index in [4.69, 9.17) is 9.47 Å². The molecule has 100 heavy (non-hydrogen) atoms. The number of nitrogens with one attached hydrogen (secondary N) is 4. The highest BCUT2D eigenvalue weighted by Crippen LogP contribution is 2.42. The van der Waals surface area contributed by atoms with Crippen molar-refractivity contribution in [1.82, 2.24) is 21.3 Å². The fraction of sp³-hybridized carbons (Fsp3) is 0.333. The van der Waals surface area contributed by atoms with Crippen LogP contribution in [0.2, 0.25) is 0 Å². The minimum absolute atomic E-state index is 0.113. The highest BCUT2D eigenvalue weighted by Gasteiger charge is 2.41. The first-order chi connectivity index (χ1) is 48.2. The first kappa shape index (κ1) is 70.8. The lowest BCUT2D eigenvalue weighted by atomic mass is 9.80. The Morgan fingerprint density at radius 2 is 0.970 bits per heavy atom. The molecule has 0 spiro atoms. The number of esters is 2. The van der Waals surface area contributed by atoms with Crippen molar-refractivity contribution in [2.45, 2.75) is 156 Å². The number of carbonyl (C=O) groups excluding carboxylic acids is 7. The molecule has 8 bridgehead atoms. The second-order valence-corrected chi connectivity index (χ2v) is 27.6. The number of anilines is 2. The van der Waals surface area contributed by atoms with Crippen molar-refractivity contribution >= 4 is 69.7 Å². The average molecular weight is 1340 g/mol. The Balaban J connectivity index is 0.000000218. The molecule has 5 aliphatic carbocycles. The molecule has 4 heterocycles. The quantitative estimate of drug-likeness (QED) is 0.0575. The SMILES string of the molecule is C=C(C)C(=O)OC1CCCCC1N(c1ccc(C2=C([O-])C(=C3C=CC(=[N+](c4ccc(C)cc4C)C4CCCCC4OC(=O)C(=C)C)C=C3)C2=O)cc1)c1ccc(C)cc1C.O=C1NCc2ccc(cc2)CNC(=O)c2cccc(c2)C(=O)NCC2CCC(CC2)CNC(=O)c2cccc1c2. The summed E-state index contributed by atoms with van der Waals surface area (Å²) >= 11 is 0. The molecule has 9 aliphatic rings. The zero-order valence-corrected chi connectivity index (χ0v) is 58.2. The largest absolute Gasteiger partial charge is 0.871 e. The summed E-state index contributed by atoms with van der Waals surface area (Å²) in [5.74, 6) is -1.45. The van der Waals surface area contributed by atoms with Crippen LogP contribution in [0.3, 0.4) is 0 Å². The van der Waals surface area contributed by atoms with Crippen molar-refractivity contribution in [1.29, 1.82) is 0 Å². The van der Waals surface area contributed by atoms with Crippen molar-refractivity contribution in [3.05, 3.63) is 260 Å². The lowest BCUT2D eigenvalue weighted by Crippen LogP contribution is -2.45. The Morgan fingerprint density at radius 3 is 1.47 bits per heavy atom. The molecule has 15 rings (SSSR count). The third-order valence-electron chi connectivity index (χ3n) is 20.0. The van der Waals surface area contributed by atoms with Crippen molar-refractivity contribution in [3.63, 3.8) is 0 Å². The fourth-order valence-electron chi connectivity index (χ4n) is 14.4. The molecule has 16 nitrogen and oxygen atoms in total. The number of aryl methyl sites for hydroxylation is 4. The van der Waals surface area contributed by atoms with Gasteiger partial charge >= 0.3 is 11.9 Å². The van der Waals surface area contributed by atoms with E-state index in [1.54, 1.807) is 62.4 Å². The number of ketones is 1. The van der Waals surface area contributed by atoms with Crippen molar-refractivity contribution in [2.75, 3.05) is 18.0 Å². The molecule has 6 aromatic carbocycles. The van der Waals surface area contributed by atoms with Crippen molar-refractivity contribution in [2.24, 2.45) is 11.8 Å². The Labute approximate surface area is 586 Å². The van der Waals surface area contributed by atoms with Gasteiger partial charge in [0, 0.05) is 112 Å². The summed E-state index contributed by atoms with van der Waals surface area (Å²) in [7, 11) is 0. The van der Waals surface area contributed by atoms with Gasteiger partial charge in [0.05, 0.1) is 6.04 Å². The molecule has 516 valence electrons. The summed E-state index contributed by atoms with van der Waals surface area (Å²) in [4.78, 5) is 92.8. The number of allylic oxidation sites excluding steroid dienone is 7. The van der Waals surface area contributed by atoms with Crippen LogP contribution in [-0.2, 0) is 36.9 Å². The van der Waals surface area contributed by atoms with Crippen LogP contribution in [0.25, 0.3) is 5.57 Å². The Bertz CT molecular complexity index is 4230. The van der Waals surface area contributed by atoms with E-state index < -0.39 is 0 Å². The third-order valence-corrected chi connectivity index (χ3v) is 20.0. The van der Waals surface area contributed by atoms with E-state index in [0.717, 1.165) is 133 Å². The summed E-state index contributed by atoms with van der Waals surface area (Å²) in [6.07, 6.45) is 17.9. The van der Waals surface area contributed by atoms with Crippen LogP contribution in [0.1, 0.15) is 171 Å². The highest BCUT2D eigenvalue weighted by atomic mass is 16.5. The van der Waals surface area contributed by atoms with E-state index in [-0.39, 0.29) is 82.5 Å². The van der Waals surface area contributed by atoms with E-state index in [1.807, 2.05) is 72.8 Å². The number of carbonyl (C=O) groups is 7. The number of Topliss-reactive ketones (excluding diaryl/α,β-unsaturated/α-hetero) is 1. The second kappa shape index (κ2) is 32.0. The van der Waals surface area contributed by atoms with Crippen LogP contribution in [0, 0.1) is 39.5 Å². The molecule has 4 N–H and O–H groups in total. The Morgan fingerprint density at radius 1 is 0.500 bits per heavy atom. The topological polar surface area (TPSA) is 215 Å². The van der Waals surface area contributed by atoms with Gasteiger partial charge in [-0.2, -0.15) is 4.58 Å². The molecule has 4 amide bonds. The van der Waals surface area contributed by atoms with Crippen LogP contribution < -0.4 is 31.3 Å². The van der Waals surface area contributed by atoms with E-state index in [1.165, 1.54) is 0 Å². The molecule has 4 unspecified atom stereocenters. The fourth-order valence-corrected chi connectivity index (χ4v) is 14.4. The van der Waals surface area contributed by atoms with Gasteiger partial charge in [-0.05, 0) is 218 Å². The van der Waals surface area contributed by atoms with Crippen molar-refractivity contribution < 1.29 is 52.7 Å². The van der Waals surface area contributed by atoms with Gasteiger partial charge in [-0.25, -0.2) is 9.59 Å². The summed E-state index contributed by atoms with van der Waals surface area (Å²) < 4.78 is 14.3. The number of amides is 4. The minimum atomic E-state index is -0.388. The predicted molar refractivity (Wildman–Crippen MR) is 388 cm³/mol. The molecule has 3 saturated carbocycles. The lowest BCUT2D eigenvalue weighted by molar-refractivity contribution is -0.501. The number of rotatable bonds is 10. The predicted octanol–water partition coefficient (Wildman–Crippen LogP) is 13.6. The van der Waals surface area contributed by atoms with Crippen LogP contribution >= 0.6 is 0 Å². The average Bonchev–Trinajstić information content (AvgIpc) is 0.744. The zero-order valence-electron chi connectivity index (χ0n) is 58.2. The van der Waals surface area contributed by atoms with Gasteiger partial charge in [0.1, 0.15) is 6.10 Å². The van der Waals surface area contributed by atoms with Gasteiger partial charge in [-0.3, -0.25) is 24.0 Å². The number of nitrogens with zero attached hydrogens (tertiary/aromatic N) is 2. The standard InChI is InChI=1S/C52H56N2O6.C32H34N4O4/c1-31(2)51(57)59-45-15-11-9-13-43(45)53(41-27-17-33(5)29-35(41)7)39-23-19-37(20-24-39)47-49(55)48(50(47)56)38-21-25-40(26-22-38)54(42-28-18-34(6)30-36(42)8)44-14-10-12-16-46(44)60-52(58)32(3)4;37-29-25-3-1-4-26(15-25)30(38)34-18-22-9-13-24(14-10-22)20-36-32(40)28-6-2-5-27(16-28)31(39)35-19-23-11-7-21(8-12-23)17-33-29/h17-30,43-46H,1,3,9-16H2,2,4-8H3;1-8,11-12,15-16,22,24H,9-10,13-14,17-20H2,(H,33,37)(H,34,38)(H,35,39)(H,36,40). The lowest BCUT2D eigenvalue weighted by Gasteiger charge is -2.41. The molecule has 4 aliphatic heterocycles. The monoisotopic (exact) mass is 1340 g/mol. The van der Waals surface area contributed by atoms with Crippen LogP contribution in [-0.4, -0.2) is 89.0 Å². The Kier molecular flexibility index (Phi) is 22.7. The first-order valence-corrected chi connectivity index (χ1v) is 35.1. The number of ether oxygens (including phenoxy) is 2. The van der Waals surface area contributed by atoms with Crippen LogP contribution in [0.4, 0.5) is 17.1 Å². The van der Waals surface area contributed by atoms with Crippen LogP contribution in [0.15, 0.2) is 199 Å². The molecular formula is C84H90N6O10. The van der Waals surface area contributed by atoms with E-state index in [0.29, 0.717) is 82.6 Å². The van der Waals surface area contributed by atoms with Gasteiger partial charge in [0.2, 0.25) is 11.4 Å². The molecule has 0 saturated heterocycles. The van der Waals surface area contributed by atoms with Gasteiger partial charge in [-0.15, -0.1) is 0 Å². The smallest absolute Gasteiger partial charge is 0.333 e. The maximum Gasteiger partial charge on any atom is 0.333 e. The number of benzene rings is 6. The van der Waals surface area contributed by atoms with Crippen LogP contribution in [0.5, 0.6) is 0 Å². The summed E-state index contributed by atoms with van der Waals surface area (Å²) in [6.45, 7) is 21.1. The summed E-state index contributed by atoms with van der Waals surface area (Å²) in [6, 6.07) is 41.2. The maximum atomic E-state index is 13.9. The molecular weight excluding hydrogens is 1250 g/mol.